The Hall–Kier alpha value is -10.2. The van der Waals surface area contributed by atoms with Crippen molar-refractivity contribution in [2.45, 2.75) is 164 Å². The summed E-state index contributed by atoms with van der Waals surface area (Å²) in [4.78, 5) is 21.4. The summed E-state index contributed by atoms with van der Waals surface area (Å²) < 4.78 is 0. The van der Waals surface area contributed by atoms with Crippen LogP contribution < -0.4 is 67.1 Å². The number of anilines is 19. The van der Waals surface area contributed by atoms with E-state index in [-0.39, 0.29) is 45.9 Å². The van der Waals surface area contributed by atoms with Crippen LogP contribution in [0, 0.1) is 6.92 Å². The molecule has 0 radical (unpaired) electrons. The Morgan fingerprint density at radius 1 is 0.280 bits per heavy atom. The molecule has 0 spiro atoms. The molecular formula is C97H97B2N7S. The highest BCUT2D eigenvalue weighted by molar-refractivity contribution is 7.20. The summed E-state index contributed by atoms with van der Waals surface area (Å²) in [5.74, 6) is 0. The Bertz CT molecular complexity index is 5760. The predicted octanol–water partition coefficient (Wildman–Crippen LogP) is 23.3. The summed E-state index contributed by atoms with van der Waals surface area (Å²) >= 11 is 1.95. The van der Waals surface area contributed by atoms with Crippen LogP contribution in [0.4, 0.5) is 108 Å². The van der Waals surface area contributed by atoms with E-state index in [0.717, 1.165) is 17.1 Å². The second kappa shape index (κ2) is 22.5. The minimum atomic E-state index is -0.204. The summed E-state index contributed by atoms with van der Waals surface area (Å²) in [5.41, 5.74) is 41.7. The Kier molecular flexibility index (Phi) is 14.2. The van der Waals surface area contributed by atoms with E-state index in [4.69, 9.17) is 0 Å². The van der Waals surface area contributed by atoms with Crippen molar-refractivity contribution in [2.24, 2.45) is 0 Å². The van der Waals surface area contributed by atoms with Crippen LogP contribution in [0.1, 0.15) is 164 Å². The zero-order chi connectivity index (χ0) is 74.7. The van der Waals surface area contributed by atoms with Crippen LogP contribution in [0.25, 0.3) is 20.9 Å². The average molecular weight is 1410 g/mol. The Morgan fingerprint density at radius 3 is 1.09 bits per heavy atom. The number of fused-ring (bicyclic) bond motifs is 15. The van der Waals surface area contributed by atoms with Crippen molar-refractivity contribution in [1.82, 2.24) is 0 Å². The second-order valence-electron chi connectivity index (χ2n) is 37.7. The van der Waals surface area contributed by atoms with E-state index in [0.29, 0.717) is 0 Å². The standard InChI is InChI=1S/C97H97B2N7S/c1-56-46-72-79-73(47-56)105-86-69(98(79)68-43-42-65(95(11,12)13)83-85(68)104(72)78-53-60(93(5,6)7)49-67(97(17,18)19)82(78)101(83)21)44-45-70-87(86)106(89-88(105)90(57-34-26-22-27-35-57)107-91(89)58-36-28-23-29-37-58)75-55-64(102(62-38-30-24-31-39-62)63-40-32-25-33-41-63)54-74-80(75)99(70)71-50-61(94(8,9)10)51-76-84(71)103(74)77-52-59(92(2,3)4)48-66(96(14,15)16)81(77)100(76)20/h22-55H,1-21H3. The van der Waals surface area contributed by atoms with Crippen molar-refractivity contribution >= 4 is 166 Å². The third-order valence-electron chi connectivity index (χ3n) is 24.3. The van der Waals surface area contributed by atoms with Gasteiger partial charge in [-0.1, -0.05) is 264 Å². The van der Waals surface area contributed by atoms with E-state index in [1.165, 1.54) is 184 Å². The molecule has 107 heavy (non-hydrogen) atoms. The van der Waals surface area contributed by atoms with Crippen molar-refractivity contribution in [2.75, 3.05) is 48.4 Å². The zero-order valence-electron chi connectivity index (χ0n) is 66.3. The number of hydrogen-bond donors (Lipinski definition) is 0. The molecule has 8 heterocycles. The van der Waals surface area contributed by atoms with Gasteiger partial charge in [-0.25, -0.2) is 0 Å². The molecule has 0 atom stereocenters. The Balaban J connectivity index is 1.01. The van der Waals surface area contributed by atoms with E-state index in [1.54, 1.807) is 0 Å². The van der Waals surface area contributed by atoms with Crippen LogP contribution in [0.2, 0.25) is 0 Å². The monoisotopic (exact) mass is 1410 g/mol. The maximum atomic E-state index is 2.84. The lowest BCUT2D eigenvalue weighted by molar-refractivity contribution is 0.567. The van der Waals surface area contributed by atoms with Crippen LogP contribution in [-0.4, -0.2) is 27.5 Å². The Labute approximate surface area is 639 Å². The molecular weight excluding hydrogens is 1320 g/mol. The minimum Gasteiger partial charge on any atom is -0.341 e. The molecule has 0 amide bonds. The van der Waals surface area contributed by atoms with Crippen LogP contribution in [0.5, 0.6) is 0 Å². The zero-order valence-corrected chi connectivity index (χ0v) is 67.1. The predicted molar refractivity (Wildman–Crippen MR) is 465 cm³/mol. The van der Waals surface area contributed by atoms with E-state index in [2.05, 4.69) is 386 Å². The lowest BCUT2D eigenvalue weighted by atomic mass is 9.30. The molecule has 7 nitrogen and oxygen atoms in total. The van der Waals surface area contributed by atoms with Crippen LogP contribution in [-0.2, 0) is 32.5 Å². The molecule has 19 rings (SSSR count). The lowest BCUT2D eigenvalue weighted by Gasteiger charge is -2.54. The number of aryl methyl sites for hydroxylation is 1. The highest BCUT2D eigenvalue weighted by Crippen LogP contribution is 2.68. The molecule has 10 heteroatoms. The van der Waals surface area contributed by atoms with Gasteiger partial charge in [-0.2, -0.15) is 0 Å². The van der Waals surface area contributed by atoms with Gasteiger partial charge in [-0.05, 0) is 189 Å². The summed E-state index contributed by atoms with van der Waals surface area (Å²) in [6.45, 7) is 45.3. The van der Waals surface area contributed by atoms with Crippen molar-refractivity contribution in [3.8, 4) is 20.9 Å². The van der Waals surface area contributed by atoms with E-state index < -0.39 is 0 Å². The number of para-hydroxylation sites is 2. The third kappa shape index (κ3) is 9.65. The average Bonchev–Trinajstić information content (AvgIpc) is 1.62. The summed E-state index contributed by atoms with van der Waals surface area (Å²) in [6, 6.07) is 81.0. The molecule has 0 N–H and O–H groups in total. The van der Waals surface area contributed by atoms with E-state index >= 15 is 0 Å². The summed E-state index contributed by atoms with van der Waals surface area (Å²) in [5, 5.41) is 0. The molecule has 12 aromatic rings. The molecule has 1 aromatic heterocycles. The van der Waals surface area contributed by atoms with E-state index in [1.807, 2.05) is 11.3 Å². The molecule has 0 saturated heterocycles. The van der Waals surface area contributed by atoms with Gasteiger partial charge in [0.05, 0.1) is 83.7 Å². The largest absolute Gasteiger partial charge is 0.341 e. The first-order valence-electron chi connectivity index (χ1n) is 38.8. The number of thiophene rings is 1. The van der Waals surface area contributed by atoms with Crippen molar-refractivity contribution < 1.29 is 0 Å². The van der Waals surface area contributed by atoms with Gasteiger partial charge in [0, 0.05) is 48.2 Å². The Morgan fingerprint density at radius 2 is 0.645 bits per heavy atom. The molecule has 532 valence electrons. The normalized spacial score (nSPS) is 14.8. The minimum absolute atomic E-state index is 0.122. The van der Waals surface area contributed by atoms with E-state index in [9.17, 15) is 0 Å². The van der Waals surface area contributed by atoms with Crippen LogP contribution in [0.15, 0.2) is 206 Å². The quantitative estimate of drug-likeness (QED) is 0.158. The van der Waals surface area contributed by atoms with Crippen LogP contribution in [0.3, 0.4) is 0 Å². The van der Waals surface area contributed by atoms with Gasteiger partial charge in [0.15, 0.2) is 0 Å². The molecule has 0 saturated carbocycles. The van der Waals surface area contributed by atoms with Crippen molar-refractivity contribution in [3.63, 3.8) is 0 Å². The van der Waals surface area contributed by atoms with Gasteiger partial charge >= 0.3 is 0 Å². The van der Waals surface area contributed by atoms with Crippen LogP contribution >= 0.6 is 11.3 Å². The van der Waals surface area contributed by atoms with Gasteiger partial charge in [0.2, 0.25) is 0 Å². The molecule has 7 aliphatic heterocycles. The molecule has 11 aromatic carbocycles. The number of rotatable bonds is 5. The van der Waals surface area contributed by atoms with Gasteiger partial charge in [-0.15, -0.1) is 11.3 Å². The first-order valence-corrected chi connectivity index (χ1v) is 39.6. The molecule has 0 aliphatic carbocycles. The van der Waals surface area contributed by atoms with Gasteiger partial charge in [-0.3, -0.25) is 0 Å². The number of benzene rings is 11. The topological polar surface area (TPSA) is 22.7 Å². The van der Waals surface area contributed by atoms with Crippen molar-refractivity contribution in [3.05, 3.63) is 245 Å². The number of hydrogen-bond acceptors (Lipinski definition) is 8. The molecule has 0 unspecified atom stereocenters. The van der Waals surface area contributed by atoms with Gasteiger partial charge in [0.25, 0.3) is 13.4 Å². The SMILES string of the molecule is Cc1cc2c3c(c1)N1c4c(ccc5c4N(c4cc(N(c6ccccc6)c6ccccc6)cc6c4B5c4cc(C(C)(C)C)cc5c4N6c4cc(C(C)(C)C)cc(C(C)(C)C)c4N5C)c4c(-c5ccccc5)sc(-c5ccccc5)c41)B3c1ccc(C(C)(C)C)c3c1N2c1cc(C(C)(C)C)cc(C(C)(C)C)c1N3C. The maximum absolute atomic E-state index is 2.84. The smallest absolute Gasteiger partial charge is 0.252 e. The summed E-state index contributed by atoms with van der Waals surface area (Å²) in [7, 11) is 4.74. The fourth-order valence-corrected chi connectivity index (χ4v) is 20.4. The second-order valence-corrected chi connectivity index (χ2v) is 38.7. The van der Waals surface area contributed by atoms with Gasteiger partial charge in [0.1, 0.15) is 0 Å². The molecule has 0 fully saturated rings. The highest BCUT2D eigenvalue weighted by Gasteiger charge is 2.56. The highest BCUT2D eigenvalue weighted by atomic mass is 32.1. The molecule has 7 aliphatic rings. The molecule has 0 bridgehead atoms. The third-order valence-corrected chi connectivity index (χ3v) is 25.6. The van der Waals surface area contributed by atoms with Crippen molar-refractivity contribution in [1.29, 1.82) is 0 Å². The first-order chi connectivity index (χ1) is 50.7. The summed E-state index contributed by atoms with van der Waals surface area (Å²) in [6.07, 6.45) is 0. The van der Waals surface area contributed by atoms with Gasteiger partial charge < -0.3 is 34.3 Å². The first kappa shape index (κ1) is 67.5. The fourth-order valence-electron chi connectivity index (χ4n) is 19.1. The number of nitrogens with zero attached hydrogens (tertiary/aromatic N) is 7. The lowest BCUT2D eigenvalue weighted by Crippen LogP contribution is -2.66. The maximum Gasteiger partial charge on any atom is 0.252 e. The fraction of sp³-hybridized carbons (Fsp3) is 0.278.